The van der Waals surface area contributed by atoms with Crippen molar-refractivity contribution < 1.29 is 4.74 Å². The lowest BCUT2D eigenvalue weighted by Gasteiger charge is -2.08. The fraction of sp³-hybridized carbons (Fsp3) is 0.0833. The number of hydrogen-bond donors (Lipinski definition) is 3. The molecule has 0 atom stereocenters. The molecule has 1 aromatic heterocycles. The highest BCUT2D eigenvalue weighted by Crippen LogP contribution is 2.19. The summed E-state index contributed by atoms with van der Waals surface area (Å²) in [6.07, 6.45) is 0. The molecule has 2 aromatic rings. The lowest BCUT2D eigenvalue weighted by atomic mass is 10.1. The molecule has 21 heavy (non-hydrogen) atoms. The number of nitrogens with zero attached hydrogens (tertiary/aromatic N) is 5. The van der Waals surface area contributed by atoms with Crippen LogP contribution in [0.5, 0.6) is 6.01 Å². The van der Waals surface area contributed by atoms with Crippen molar-refractivity contribution >= 4 is 17.6 Å². The van der Waals surface area contributed by atoms with Gasteiger partial charge in [-0.3, -0.25) is 5.43 Å². The average molecular weight is 282 g/mol. The third-order valence-corrected chi connectivity index (χ3v) is 2.44. The largest absolute Gasteiger partial charge is 0.467 e. The molecular weight excluding hydrogens is 272 g/mol. The van der Waals surface area contributed by atoms with E-state index in [0.717, 1.165) is 0 Å². The first-order valence-corrected chi connectivity index (χ1v) is 5.68. The van der Waals surface area contributed by atoms with Crippen LogP contribution in [0.3, 0.4) is 0 Å². The monoisotopic (exact) mass is 282 g/mol. The topological polar surface area (TPSA) is 146 Å². The van der Waals surface area contributed by atoms with Crippen LogP contribution >= 0.6 is 0 Å². The first-order chi connectivity index (χ1) is 10.2. The first kappa shape index (κ1) is 14.0. The van der Waals surface area contributed by atoms with Gasteiger partial charge in [0.25, 0.3) is 0 Å². The van der Waals surface area contributed by atoms with Crippen molar-refractivity contribution in [1.29, 1.82) is 10.5 Å². The molecule has 0 saturated carbocycles. The Hall–Kier alpha value is -3.43. The second kappa shape index (κ2) is 6.14. The van der Waals surface area contributed by atoms with E-state index in [2.05, 4.69) is 25.7 Å². The van der Waals surface area contributed by atoms with Crippen LogP contribution in [0.25, 0.3) is 0 Å². The maximum atomic E-state index is 8.99. The summed E-state index contributed by atoms with van der Waals surface area (Å²) < 4.78 is 4.92. The number of nitrogen functional groups attached to an aromatic ring is 1. The van der Waals surface area contributed by atoms with Crippen LogP contribution in [0.1, 0.15) is 11.1 Å². The molecule has 0 spiro atoms. The number of aromatic nitrogens is 3. The summed E-state index contributed by atoms with van der Waals surface area (Å²) in [7, 11) is 1.41. The van der Waals surface area contributed by atoms with Crippen LogP contribution in [-0.2, 0) is 0 Å². The molecule has 4 N–H and O–H groups in total. The van der Waals surface area contributed by atoms with E-state index in [9.17, 15) is 0 Å². The van der Waals surface area contributed by atoms with Crippen molar-refractivity contribution in [2.24, 2.45) is 5.84 Å². The van der Waals surface area contributed by atoms with Crippen molar-refractivity contribution in [2.45, 2.75) is 0 Å². The standard InChI is InChI=1S/C12H10N8O/c1-21-12-18-10(17-11(19-12)20-15)16-9-3-2-7(5-13)8(4-9)6-14/h2-4H,15H2,1H3,(H2,16,17,18,19,20). The van der Waals surface area contributed by atoms with Crippen molar-refractivity contribution in [3.05, 3.63) is 29.3 Å². The molecular formula is C12H10N8O. The molecule has 0 aliphatic carbocycles. The SMILES string of the molecule is COc1nc(NN)nc(Nc2ccc(C#N)c(C#N)c2)n1. The van der Waals surface area contributed by atoms with E-state index in [-0.39, 0.29) is 23.5 Å². The molecule has 2 rings (SSSR count). The minimum Gasteiger partial charge on any atom is -0.467 e. The predicted octanol–water partition coefficient (Wildman–Crippen LogP) is 0.653. The molecule has 0 radical (unpaired) electrons. The zero-order chi connectivity index (χ0) is 15.2. The van der Waals surface area contributed by atoms with Gasteiger partial charge in [0.2, 0.25) is 11.9 Å². The Morgan fingerprint density at radius 2 is 1.81 bits per heavy atom. The third-order valence-electron chi connectivity index (χ3n) is 2.44. The number of anilines is 3. The van der Waals surface area contributed by atoms with Gasteiger partial charge in [0.1, 0.15) is 12.1 Å². The van der Waals surface area contributed by atoms with E-state index in [4.69, 9.17) is 21.1 Å². The van der Waals surface area contributed by atoms with Gasteiger partial charge in [-0.25, -0.2) is 5.84 Å². The smallest absolute Gasteiger partial charge is 0.322 e. The van der Waals surface area contributed by atoms with Gasteiger partial charge in [0.05, 0.1) is 18.2 Å². The molecule has 0 unspecified atom stereocenters. The number of benzene rings is 1. The maximum Gasteiger partial charge on any atom is 0.322 e. The highest BCUT2D eigenvalue weighted by molar-refractivity contribution is 5.61. The van der Waals surface area contributed by atoms with Gasteiger partial charge >= 0.3 is 6.01 Å². The summed E-state index contributed by atoms with van der Waals surface area (Å²) in [6.45, 7) is 0. The Bertz CT molecular complexity index is 724. The lowest BCUT2D eigenvalue weighted by molar-refractivity contribution is 0.379. The van der Waals surface area contributed by atoms with E-state index < -0.39 is 0 Å². The molecule has 0 aliphatic rings. The summed E-state index contributed by atoms with van der Waals surface area (Å²) in [5.41, 5.74) is 3.38. The van der Waals surface area contributed by atoms with Gasteiger partial charge in [0, 0.05) is 5.69 Å². The van der Waals surface area contributed by atoms with Crippen molar-refractivity contribution in [3.63, 3.8) is 0 Å². The van der Waals surface area contributed by atoms with E-state index in [1.54, 1.807) is 6.07 Å². The molecule has 0 saturated heterocycles. The first-order valence-electron chi connectivity index (χ1n) is 5.68. The number of hydrazine groups is 1. The summed E-state index contributed by atoms with van der Waals surface area (Å²) in [6, 6.07) is 8.64. The molecule has 0 aliphatic heterocycles. The van der Waals surface area contributed by atoms with Gasteiger partial charge < -0.3 is 10.1 Å². The quantitative estimate of drug-likeness (QED) is 0.543. The molecule has 9 nitrogen and oxygen atoms in total. The van der Waals surface area contributed by atoms with Crippen molar-refractivity contribution in [2.75, 3.05) is 17.9 Å². The summed E-state index contributed by atoms with van der Waals surface area (Å²) in [5, 5.41) is 20.7. The molecule has 9 heteroatoms. The Labute approximate surface area is 120 Å². The number of nitrogens with one attached hydrogen (secondary N) is 2. The highest BCUT2D eigenvalue weighted by atomic mass is 16.5. The number of rotatable bonds is 4. The van der Waals surface area contributed by atoms with Crippen LogP contribution < -0.4 is 21.3 Å². The molecule has 0 bridgehead atoms. The number of methoxy groups -OCH3 is 1. The lowest BCUT2D eigenvalue weighted by Crippen LogP contribution is -2.13. The van der Waals surface area contributed by atoms with E-state index >= 15 is 0 Å². The second-order valence-corrected chi connectivity index (χ2v) is 3.72. The normalized spacial score (nSPS) is 9.33. The van der Waals surface area contributed by atoms with E-state index in [1.165, 1.54) is 19.2 Å². The van der Waals surface area contributed by atoms with Gasteiger partial charge in [0.15, 0.2) is 0 Å². The average Bonchev–Trinajstić information content (AvgIpc) is 2.54. The Balaban J connectivity index is 2.34. The van der Waals surface area contributed by atoms with E-state index in [1.807, 2.05) is 12.1 Å². The minimum atomic E-state index is 0.0783. The van der Waals surface area contributed by atoms with Crippen LogP contribution in [0.4, 0.5) is 17.6 Å². The molecule has 0 fully saturated rings. The van der Waals surface area contributed by atoms with Crippen LogP contribution in [0.15, 0.2) is 18.2 Å². The molecule has 1 aromatic carbocycles. The van der Waals surface area contributed by atoms with Crippen LogP contribution in [-0.4, -0.2) is 22.1 Å². The summed E-state index contributed by atoms with van der Waals surface area (Å²) in [4.78, 5) is 11.8. The van der Waals surface area contributed by atoms with E-state index in [0.29, 0.717) is 11.3 Å². The fourth-order valence-electron chi connectivity index (χ4n) is 1.51. The number of ether oxygens (including phenoxy) is 1. The van der Waals surface area contributed by atoms with Crippen molar-refractivity contribution in [1.82, 2.24) is 15.0 Å². The Kier molecular flexibility index (Phi) is 4.09. The highest BCUT2D eigenvalue weighted by Gasteiger charge is 2.08. The zero-order valence-electron chi connectivity index (χ0n) is 11.0. The summed E-state index contributed by atoms with van der Waals surface area (Å²) in [5.74, 6) is 5.56. The predicted molar refractivity (Wildman–Crippen MR) is 73.3 cm³/mol. The second-order valence-electron chi connectivity index (χ2n) is 3.72. The fourth-order valence-corrected chi connectivity index (χ4v) is 1.51. The molecule has 104 valence electrons. The molecule has 1 heterocycles. The van der Waals surface area contributed by atoms with Gasteiger partial charge in [-0.15, -0.1) is 0 Å². The number of hydrogen-bond acceptors (Lipinski definition) is 9. The minimum absolute atomic E-state index is 0.0783. The van der Waals surface area contributed by atoms with Gasteiger partial charge in [-0.05, 0) is 18.2 Å². The van der Waals surface area contributed by atoms with Gasteiger partial charge in [-0.2, -0.15) is 25.5 Å². The van der Waals surface area contributed by atoms with Gasteiger partial charge in [-0.1, -0.05) is 0 Å². The number of nitriles is 2. The Morgan fingerprint density at radius 1 is 1.10 bits per heavy atom. The maximum absolute atomic E-state index is 8.99. The third kappa shape index (κ3) is 3.12. The number of nitrogens with two attached hydrogens (primary N) is 1. The molecule has 0 amide bonds. The van der Waals surface area contributed by atoms with Crippen molar-refractivity contribution in [3.8, 4) is 18.1 Å². The summed E-state index contributed by atoms with van der Waals surface area (Å²) >= 11 is 0. The van der Waals surface area contributed by atoms with Crippen LogP contribution in [0, 0.1) is 22.7 Å². The van der Waals surface area contributed by atoms with Crippen LogP contribution in [0.2, 0.25) is 0 Å². The zero-order valence-corrected chi connectivity index (χ0v) is 11.0. The Morgan fingerprint density at radius 3 is 2.43 bits per heavy atom.